The smallest absolute Gasteiger partial charge is 0.329 e. The maximum absolute atomic E-state index is 14.0. The van der Waals surface area contributed by atoms with E-state index in [1.807, 2.05) is 0 Å². The van der Waals surface area contributed by atoms with Gasteiger partial charge in [-0.3, -0.25) is 33.6 Å². The second-order valence-electron chi connectivity index (χ2n) is 15.1. The van der Waals surface area contributed by atoms with Gasteiger partial charge in [0, 0.05) is 51.4 Å². The summed E-state index contributed by atoms with van der Waals surface area (Å²) in [6.07, 6.45) is 3.89. The van der Waals surface area contributed by atoms with Crippen LogP contribution in [0, 0.1) is 5.92 Å². The molecule has 20 heteroatoms. The Morgan fingerprint density at radius 3 is 2.58 bits per heavy atom. The molecule has 6 aromatic rings. The summed E-state index contributed by atoms with van der Waals surface area (Å²) < 4.78 is 43.2. The first kappa shape index (κ1) is 41.7. The minimum absolute atomic E-state index is 0.0915. The van der Waals surface area contributed by atoms with E-state index in [1.54, 1.807) is 67.8 Å². The molecule has 1 saturated heterocycles. The Labute approximate surface area is 352 Å². The lowest BCUT2D eigenvalue weighted by Crippen LogP contribution is -2.44. The summed E-state index contributed by atoms with van der Waals surface area (Å²) in [6.45, 7) is 2.01. The number of nitrogens with zero attached hydrogens (tertiary/aromatic N) is 6. The molecule has 0 bridgehead atoms. The van der Waals surface area contributed by atoms with Gasteiger partial charge < -0.3 is 30.4 Å². The summed E-state index contributed by atoms with van der Waals surface area (Å²) in [7, 11) is 1.60. The fourth-order valence-electron chi connectivity index (χ4n) is 7.01. The van der Waals surface area contributed by atoms with Crippen molar-refractivity contribution in [2.24, 2.45) is 13.0 Å². The number of imidazole rings is 1. The second-order valence-corrected chi connectivity index (χ2v) is 15.1. The molecule has 8 rings (SSSR count). The molecule has 1 unspecified atom stereocenters. The molecule has 5 heterocycles. The van der Waals surface area contributed by atoms with Crippen LogP contribution in [0.15, 0.2) is 82.5 Å². The number of piperidine rings is 1. The van der Waals surface area contributed by atoms with Gasteiger partial charge in [-0.25, -0.2) is 28.2 Å². The number of aryl methyl sites for hydroxylation is 1. The number of rotatable bonds is 18. The number of fused-ring (bicyclic) bond motifs is 1. The third kappa shape index (κ3) is 9.60. The van der Waals surface area contributed by atoms with Gasteiger partial charge in [0.15, 0.2) is 11.4 Å². The van der Waals surface area contributed by atoms with E-state index in [0.29, 0.717) is 47.1 Å². The molecule has 18 nitrogen and oxygen atoms in total. The summed E-state index contributed by atoms with van der Waals surface area (Å²) >= 11 is 0. The Hall–Kier alpha value is -7.06. The summed E-state index contributed by atoms with van der Waals surface area (Å²) in [5.41, 5.74) is 2.64. The Bertz CT molecular complexity index is 2680. The van der Waals surface area contributed by atoms with E-state index in [2.05, 4.69) is 41.7 Å². The Kier molecular flexibility index (Phi) is 12.3. The predicted octanol–water partition coefficient (Wildman–Crippen LogP) is 3.99. The number of oxazole rings is 1. The van der Waals surface area contributed by atoms with E-state index in [0.717, 1.165) is 23.9 Å². The van der Waals surface area contributed by atoms with Crippen molar-refractivity contribution in [3.63, 3.8) is 0 Å². The number of pyridine rings is 1. The Morgan fingerprint density at radius 2 is 1.81 bits per heavy atom. The quantitative estimate of drug-likeness (QED) is 0.0612. The van der Waals surface area contributed by atoms with Gasteiger partial charge in [-0.15, -0.1) is 0 Å². The number of ether oxygens (including phenoxy) is 1. The highest BCUT2D eigenvalue weighted by Gasteiger charge is 2.31. The zero-order valence-electron chi connectivity index (χ0n) is 33.5. The van der Waals surface area contributed by atoms with E-state index in [-0.39, 0.29) is 67.4 Å². The van der Waals surface area contributed by atoms with Crippen molar-refractivity contribution in [1.82, 2.24) is 44.8 Å². The van der Waals surface area contributed by atoms with E-state index < -0.39 is 30.0 Å². The monoisotopic (exact) mass is 851 g/mol. The molecule has 2 aliphatic rings. The molecule has 62 heavy (non-hydrogen) atoms. The first-order chi connectivity index (χ1) is 30.0. The molecule has 2 fully saturated rings. The van der Waals surface area contributed by atoms with Crippen LogP contribution in [-0.4, -0.2) is 78.8 Å². The van der Waals surface area contributed by atoms with Crippen LogP contribution in [0.2, 0.25) is 0 Å². The molecule has 4 amide bonds. The predicted molar refractivity (Wildman–Crippen MR) is 220 cm³/mol. The molecule has 0 radical (unpaired) electrons. The Balaban J connectivity index is 0.772. The summed E-state index contributed by atoms with van der Waals surface area (Å²) in [4.78, 5) is 71.2. The van der Waals surface area contributed by atoms with Gasteiger partial charge in [-0.2, -0.15) is 5.10 Å². The van der Waals surface area contributed by atoms with Crippen molar-refractivity contribution < 1.29 is 37.1 Å². The molecule has 0 spiro atoms. The second kappa shape index (κ2) is 18.3. The average molecular weight is 852 g/mol. The van der Waals surface area contributed by atoms with Gasteiger partial charge in [0.25, 0.3) is 12.3 Å². The largest absolute Gasteiger partial charge is 0.444 e. The topological polar surface area (TPSA) is 221 Å². The number of carbonyl (C=O) groups is 4. The maximum atomic E-state index is 14.0. The lowest BCUT2D eigenvalue weighted by molar-refractivity contribution is -0.135. The molecule has 1 aliphatic carbocycles. The molecule has 4 aromatic heterocycles. The van der Waals surface area contributed by atoms with Crippen LogP contribution in [0.4, 0.5) is 20.3 Å². The van der Waals surface area contributed by atoms with Crippen LogP contribution >= 0.6 is 0 Å². The number of benzene rings is 2. The maximum Gasteiger partial charge on any atom is 0.329 e. The van der Waals surface area contributed by atoms with E-state index in [4.69, 9.17) is 9.15 Å². The number of nitrogens with one attached hydrogen (secondary N) is 5. The van der Waals surface area contributed by atoms with Gasteiger partial charge in [0.1, 0.15) is 24.7 Å². The number of anilines is 2. The zero-order chi connectivity index (χ0) is 43.3. The van der Waals surface area contributed by atoms with Gasteiger partial charge in [-0.05, 0) is 72.7 Å². The number of carbonyl (C=O) groups excluding carboxylic acids is 4. The molecule has 5 N–H and O–H groups in total. The van der Waals surface area contributed by atoms with Gasteiger partial charge in [0.05, 0.1) is 35.2 Å². The standard InChI is InChI=1S/C42H43F2N11O7/c1-53-33-16-26(6-9-31(33)55(42(53)60)32-10-11-35(56)51-40(32)59)20-48-36(57)23-61-15-14-45-18-24-4-7-28(8-5-24)54-21-29(37(52-54)38(43)44)49-39(58)30-22-62-41(50-30)27-12-13-46-34(17-27)47-19-25-2-3-25/h4-9,12-13,16-17,21-22,25,32,38,45H,2-3,10-11,14-15,18-20,23H2,1H3,(H,46,47)(H,48,57)(H,49,58)(H,51,56,59). The van der Waals surface area contributed by atoms with Crippen molar-refractivity contribution in [2.75, 3.05) is 36.9 Å². The number of halogens is 2. The SMILES string of the molecule is Cn1c(=O)n(C2CCC(=O)NC2=O)c2ccc(CNC(=O)COCCNCc3ccc(-n4cc(NC(=O)c5coc(-c6ccnc(NCC7CC7)c6)n5)c(C(F)F)n4)cc3)cc21. The van der Waals surface area contributed by atoms with Gasteiger partial charge >= 0.3 is 5.69 Å². The van der Waals surface area contributed by atoms with Crippen LogP contribution in [0.3, 0.4) is 0 Å². The summed E-state index contributed by atoms with van der Waals surface area (Å²) in [5, 5.41) is 18.1. The normalized spacial score (nSPS) is 15.3. The minimum Gasteiger partial charge on any atom is -0.444 e. The molecular weight excluding hydrogens is 809 g/mol. The fraction of sp³-hybridized carbons (Fsp3) is 0.333. The first-order valence-electron chi connectivity index (χ1n) is 20.0. The van der Waals surface area contributed by atoms with Crippen molar-refractivity contribution in [3.05, 3.63) is 106 Å². The number of aromatic nitrogens is 6. The lowest BCUT2D eigenvalue weighted by Gasteiger charge is -2.21. The highest BCUT2D eigenvalue weighted by atomic mass is 19.3. The fourth-order valence-corrected chi connectivity index (χ4v) is 7.01. The van der Waals surface area contributed by atoms with Crippen molar-refractivity contribution in [3.8, 4) is 17.1 Å². The minimum atomic E-state index is -2.96. The Morgan fingerprint density at radius 1 is 1.00 bits per heavy atom. The van der Waals surface area contributed by atoms with Crippen LogP contribution in [-0.2, 0) is 39.3 Å². The number of amides is 4. The highest BCUT2D eigenvalue weighted by Crippen LogP contribution is 2.30. The van der Waals surface area contributed by atoms with E-state index in [9.17, 15) is 32.8 Å². The van der Waals surface area contributed by atoms with Crippen molar-refractivity contribution in [2.45, 2.75) is 51.2 Å². The van der Waals surface area contributed by atoms with Gasteiger partial charge in [0.2, 0.25) is 23.6 Å². The van der Waals surface area contributed by atoms with Crippen LogP contribution < -0.4 is 32.3 Å². The third-order valence-electron chi connectivity index (χ3n) is 10.6. The van der Waals surface area contributed by atoms with Crippen LogP contribution in [0.1, 0.15) is 65.5 Å². The lowest BCUT2D eigenvalue weighted by atomic mass is 10.1. The van der Waals surface area contributed by atoms with Crippen LogP contribution in [0.5, 0.6) is 0 Å². The molecular formula is C42H43F2N11O7. The molecule has 1 saturated carbocycles. The third-order valence-corrected chi connectivity index (χ3v) is 10.6. The highest BCUT2D eigenvalue weighted by molar-refractivity contribution is 6.03. The van der Waals surface area contributed by atoms with Crippen molar-refractivity contribution in [1.29, 1.82) is 0 Å². The number of imide groups is 1. The molecule has 2 aromatic carbocycles. The first-order valence-corrected chi connectivity index (χ1v) is 20.0. The van der Waals surface area contributed by atoms with Gasteiger partial charge in [-0.1, -0.05) is 18.2 Å². The summed E-state index contributed by atoms with van der Waals surface area (Å²) in [6, 6.07) is 15.0. The zero-order valence-corrected chi connectivity index (χ0v) is 33.5. The van der Waals surface area contributed by atoms with Crippen molar-refractivity contribution >= 4 is 46.2 Å². The number of alkyl halides is 2. The average Bonchev–Trinajstić information content (AvgIpc) is 3.68. The molecule has 1 atom stereocenters. The van der Waals surface area contributed by atoms with E-state index in [1.165, 1.54) is 32.9 Å². The number of hydrogen-bond acceptors (Lipinski definition) is 12. The molecule has 1 aliphatic heterocycles. The number of hydrogen-bond donors (Lipinski definition) is 5. The van der Waals surface area contributed by atoms with E-state index >= 15 is 0 Å². The van der Waals surface area contributed by atoms with Crippen LogP contribution in [0.25, 0.3) is 28.2 Å². The summed E-state index contributed by atoms with van der Waals surface area (Å²) in [5.74, 6) is -0.441. The molecule has 322 valence electrons.